The normalized spacial score (nSPS) is 24.0. The molecule has 0 aromatic heterocycles. The van der Waals surface area contributed by atoms with E-state index >= 15 is 0 Å². The number of nitrogens with zero attached hydrogens (tertiary/aromatic N) is 1. The van der Waals surface area contributed by atoms with Gasteiger partial charge < -0.3 is 0 Å². The summed E-state index contributed by atoms with van der Waals surface area (Å²) in [7, 11) is 0. The maximum atomic E-state index is 2.66. The van der Waals surface area contributed by atoms with Crippen molar-refractivity contribution in [2.75, 3.05) is 19.6 Å². The van der Waals surface area contributed by atoms with E-state index in [1.807, 2.05) is 0 Å². The summed E-state index contributed by atoms with van der Waals surface area (Å²) in [5, 5.41) is 0. The molecule has 0 aromatic carbocycles. The van der Waals surface area contributed by atoms with Crippen molar-refractivity contribution >= 4 is 0 Å². The molecule has 1 aliphatic carbocycles. The van der Waals surface area contributed by atoms with Crippen LogP contribution in [0.2, 0.25) is 0 Å². The van der Waals surface area contributed by atoms with Gasteiger partial charge in [0.05, 0.1) is 0 Å². The average molecular weight is 207 g/mol. The molecule has 2 fully saturated rings. The molecular weight excluding hydrogens is 182 g/mol. The Morgan fingerprint density at radius 1 is 1.27 bits per heavy atom. The highest BCUT2D eigenvalue weighted by Gasteiger charge is 2.19. The van der Waals surface area contributed by atoms with E-state index in [9.17, 15) is 0 Å². The topological polar surface area (TPSA) is 3.24 Å². The van der Waals surface area contributed by atoms with Gasteiger partial charge in [-0.3, -0.25) is 4.90 Å². The lowest BCUT2D eigenvalue weighted by atomic mass is 9.88. The van der Waals surface area contributed by atoms with Crippen molar-refractivity contribution in [1.82, 2.24) is 4.90 Å². The fraction of sp³-hybridized carbons (Fsp3) is 0.857. The van der Waals surface area contributed by atoms with Crippen molar-refractivity contribution in [3.05, 3.63) is 11.1 Å². The molecule has 2 aliphatic rings. The molecule has 1 heterocycles. The highest BCUT2D eigenvalue weighted by Crippen LogP contribution is 2.29. The summed E-state index contributed by atoms with van der Waals surface area (Å²) in [6.45, 7) is 8.61. The summed E-state index contributed by atoms with van der Waals surface area (Å²) in [5.41, 5.74) is 3.43. The van der Waals surface area contributed by atoms with Gasteiger partial charge in [-0.1, -0.05) is 24.5 Å². The first-order chi connectivity index (χ1) is 7.29. The van der Waals surface area contributed by atoms with Crippen molar-refractivity contribution in [3.8, 4) is 0 Å². The molecule has 0 spiro atoms. The van der Waals surface area contributed by atoms with Crippen molar-refractivity contribution in [2.24, 2.45) is 5.92 Å². The minimum absolute atomic E-state index is 1.01. The van der Waals surface area contributed by atoms with E-state index in [2.05, 4.69) is 18.7 Å². The van der Waals surface area contributed by atoms with E-state index in [-0.39, 0.29) is 0 Å². The molecule has 0 amide bonds. The number of rotatable bonds is 3. The zero-order chi connectivity index (χ0) is 10.7. The summed E-state index contributed by atoms with van der Waals surface area (Å²) in [5.74, 6) is 1.01. The molecule has 1 nitrogen and oxygen atoms in total. The first-order valence-corrected chi connectivity index (χ1v) is 6.69. The van der Waals surface area contributed by atoms with Crippen LogP contribution in [-0.2, 0) is 0 Å². The van der Waals surface area contributed by atoms with Gasteiger partial charge in [0.2, 0.25) is 0 Å². The van der Waals surface area contributed by atoms with Crippen LogP contribution in [0.25, 0.3) is 0 Å². The van der Waals surface area contributed by atoms with Gasteiger partial charge in [-0.15, -0.1) is 0 Å². The van der Waals surface area contributed by atoms with E-state index < -0.39 is 0 Å². The van der Waals surface area contributed by atoms with Gasteiger partial charge in [0.15, 0.2) is 0 Å². The Balaban J connectivity index is 1.76. The maximum Gasteiger partial charge on any atom is 0.0192 e. The number of likely N-dealkylation sites (tertiary alicyclic amines) is 1. The summed E-state index contributed by atoms with van der Waals surface area (Å²) in [6, 6.07) is 0. The second-order valence-electron chi connectivity index (χ2n) is 5.37. The zero-order valence-corrected chi connectivity index (χ0v) is 10.4. The molecule has 1 heteroatoms. The molecule has 0 bridgehead atoms. The van der Waals surface area contributed by atoms with Crippen LogP contribution in [0.5, 0.6) is 0 Å². The van der Waals surface area contributed by atoms with E-state index in [0.717, 1.165) is 5.92 Å². The Morgan fingerprint density at radius 2 is 1.93 bits per heavy atom. The molecule has 0 radical (unpaired) electrons. The van der Waals surface area contributed by atoms with Gasteiger partial charge >= 0.3 is 0 Å². The monoisotopic (exact) mass is 207 g/mol. The van der Waals surface area contributed by atoms with Gasteiger partial charge in [-0.25, -0.2) is 0 Å². The Morgan fingerprint density at radius 3 is 2.40 bits per heavy atom. The summed E-state index contributed by atoms with van der Waals surface area (Å²) in [6.07, 6.45) is 8.45. The predicted octanol–water partition coefficient (Wildman–Crippen LogP) is 3.61. The number of piperidine rings is 1. The van der Waals surface area contributed by atoms with Crippen LogP contribution in [0.15, 0.2) is 11.1 Å². The van der Waals surface area contributed by atoms with Gasteiger partial charge in [-0.05, 0) is 58.0 Å². The minimum Gasteiger partial charge on any atom is -0.299 e. The number of allylic oxidation sites excluding steroid dienone is 1. The Hall–Kier alpha value is -0.300. The van der Waals surface area contributed by atoms with Crippen LogP contribution in [0, 0.1) is 5.92 Å². The van der Waals surface area contributed by atoms with E-state index in [4.69, 9.17) is 0 Å². The number of hydrogen-bond acceptors (Lipinski definition) is 1. The molecule has 0 N–H and O–H groups in total. The third kappa shape index (κ3) is 2.84. The lowest BCUT2D eigenvalue weighted by Crippen LogP contribution is -2.35. The molecule has 2 rings (SSSR count). The SMILES string of the molecule is CCC1CCN(CC(C)=C2CCC2)CC1. The van der Waals surface area contributed by atoms with Crippen LogP contribution >= 0.6 is 0 Å². The smallest absolute Gasteiger partial charge is 0.0192 e. The van der Waals surface area contributed by atoms with Crippen molar-refractivity contribution < 1.29 is 0 Å². The molecule has 0 aromatic rings. The quantitative estimate of drug-likeness (QED) is 0.639. The third-order valence-corrected chi connectivity index (χ3v) is 4.31. The van der Waals surface area contributed by atoms with Gasteiger partial charge in [0.25, 0.3) is 0 Å². The van der Waals surface area contributed by atoms with Crippen molar-refractivity contribution in [3.63, 3.8) is 0 Å². The number of hydrogen-bond donors (Lipinski definition) is 0. The molecule has 15 heavy (non-hydrogen) atoms. The van der Waals surface area contributed by atoms with Crippen molar-refractivity contribution in [1.29, 1.82) is 0 Å². The molecule has 0 unspecified atom stereocenters. The van der Waals surface area contributed by atoms with Crippen LogP contribution in [-0.4, -0.2) is 24.5 Å². The molecule has 86 valence electrons. The minimum atomic E-state index is 1.01. The van der Waals surface area contributed by atoms with Gasteiger partial charge in [0, 0.05) is 6.54 Å². The highest BCUT2D eigenvalue weighted by atomic mass is 15.1. The zero-order valence-electron chi connectivity index (χ0n) is 10.4. The summed E-state index contributed by atoms with van der Waals surface area (Å²) < 4.78 is 0. The van der Waals surface area contributed by atoms with E-state index in [1.165, 1.54) is 58.2 Å². The lowest BCUT2D eigenvalue weighted by Gasteiger charge is -2.33. The first-order valence-electron chi connectivity index (χ1n) is 6.69. The average Bonchev–Trinajstić information content (AvgIpc) is 2.16. The summed E-state index contributed by atoms with van der Waals surface area (Å²) in [4.78, 5) is 2.66. The molecular formula is C14H25N. The molecule has 1 saturated heterocycles. The Labute approximate surface area is 94.5 Å². The Kier molecular flexibility index (Phi) is 3.85. The largest absolute Gasteiger partial charge is 0.299 e. The lowest BCUT2D eigenvalue weighted by molar-refractivity contribution is 0.193. The maximum absolute atomic E-state index is 2.66. The van der Waals surface area contributed by atoms with E-state index in [1.54, 1.807) is 11.1 Å². The fourth-order valence-electron chi connectivity index (χ4n) is 2.78. The van der Waals surface area contributed by atoms with Crippen LogP contribution in [0.4, 0.5) is 0 Å². The molecule has 1 aliphatic heterocycles. The van der Waals surface area contributed by atoms with E-state index in [0.29, 0.717) is 0 Å². The second kappa shape index (κ2) is 5.16. The first kappa shape index (κ1) is 11.2. The fourth-order valence-corrected chi connectivity index (χ4v) is 2.78. The standard InChI is InChI=1S/C14H25N/c1-3-13-7-9-15(10-8-13)11-12(2)14-5-4-6-14/h13H,3-11H2,1-2H3. The highest BCUT2D eigenvalue weighted by molar-refractivity contribution is 5.19. The van der Waals surface area contributed by atoms with Gasteiger partial charge in [0.1, 0.15) is 0 Å². The van der Waals surface area contributed by atoms with Crippen molar-refractivity contribution in [2.45, 2.75) is 52.4 Å². The molecule has 0 atom stereocenters. The van der Waals surface area contributed by atoms with Crippen LogP contribution < -0.4 is 0 Å². The van der Waals surface area contributed by atoms with Crippen LogP contribution in [0.1, 0.15) is 52.4 Å². The molecule has 1 saturated carbocycles. The van der Waals surface area contributed by atoms with Gasteiger partial charge in [-0.2, -0.15) is 0 Å². The predicted molar refractivity (Wildman–Crippen MR) is 66.0 cm³/mol. The second-order valence-corrected chi connectivity index (χ2v) is 5.37. The third-order valence-electron chi connectivity index (χ3n) is 4.31. The summed E-state index contributed by atoms with van der Waals surface area (Å²) >= 11 is 0. The van der Waals surface area contributed by atoms with Crippen LogP contribution in [0.3, 0.4) is 0 Å². The Bertz CT molecular complexity index is 228.